The summed E-state index contributed by atoms with van der Waals surface area (Å²) in [6.07, 6.45) is 1.65. The van der Waals surface area contributed by atoms with Crippen LogP contribution in [0.1, 0.15) is 11.7 Å². The van der Waals surface area contributed by atoms with Crippen molar-refractivity contribution in [3.8, 4) is 28.6 Å². The third kappa shape index (κ3) is 4.28. The van der Waals surface area contributed by atoms with Crippen molar-refractivity contribution in [1.82, 2.24) is 25.0 Å². The maximum Gasteiger partial charge on any atom is 0.247 e. The molecule has 5 aromatic rings. The number of hydrogen-bond donors (Lipinski definition) is 0. The number of thioether (sulfide) groups is 1. The summed E-state index contributed by atoms with van der Waals surface area (Å²) in [5, 5.41) is 17.9. The molecule has 0 radical (unpaired) electrons. The Hall–Kier alpha value is -3.85. The van der Waals surface area contributed by atoms with Crippen molar-refractivity contribution in [1.29, 1.82) is 0 Å². The Morgan fingerprint density at radius 3 is 2.59 bits per heavy atom. The van der Waals surface area contributed by atoms with E-state index in [1.165, 1.54) is 11.8 Å². The summed E-state index contributed by atoms with van der Waals surface area (Å²) in [4.78, 5) is 0. The zero-order valence-corrected chi connectivity index (χ0v) is 18.0. The third-order valence-corrected chi connectivity index (χ3v) is 5.70. The van der Waals surface area contributed by atoms with E-state index in [1.54, 1.807) is 13.4 Å². The second-order valence-corrected chi connectivity index (χ2v) is 7.80. The highest BCUT2D eigenvalue weighted by Gasteiger charge is 2.18. The Morgan fingerprint density at radius 2 is 1.78 bits per heavy atom. The molecule has 0 aliphatic heterocycles. The Morgan fingerprint density at radius 1 is 0.906 bits per heavy atom. The van der Waals surface area contributed by atoms with Gasteiger partial charge in [0.25, 0.3) is 0 Å². The number of benzene rings is 2. The van der Waals surface area contributed by atoms with Crippen molar-refractivity contribution in [2.45, 2.75) is 17.5 Å². The van der Waals surface area contributed by atoms with Crippen molar-refractivity contribution in [2.24, 2.45) is 0 Å². The number of hydrogen-bond acceptors (Lipinski definition) is 8. The van der Waals surface area contributed by atoms with E-state index in [0.717, 1.165) is 33.6 Å². The van der Waals surface area contributed by atoms with Gasteiger partial charge in [-0.15, -0.1) is 20.4 Å². The van der Waals surface area contributed by atoms with Crippen molar-refractivity contribution in [3.63, 3.8) is 0 Å². The van der Waals surface area contributed by atoms with Crippen LogP contribution in [0.2, 0.25) is 0 Å². The second kappa shape index (κ2) is 9.11. The molecule has 0 unspecified atom stereocenters. The van der Waals surface area contributed by atoms with Crippen LogP contribution in [0.4, 0.5) is 0 Å². The first-order valence-electron chi connectivity index (χ1n) is 9.91. The van der Waals surface area contributed by atoms with E-state index in [9.17, 15) is 0 Å². The maximum absolute atomic E-state index is 5.82. The number of ether oxygens (including phenoxy) is 1. The molecule has 0 aliphatic carbocycles. The molecule has 160 valence electrons. The van der Waals surface area contributed by atoms with Gasteiger partial charge in [0.15, 0.2) is 11.0 Å². The standard InChI is InChI=1S/C23H19N5O3S/c1-29-18-10-5-9-17(13-18)21-25-27-23(28(21)14-19-11-6-12-30-19)32-15-20-24-26-22(31-20)16-7-3-2-4-8-16/h2-13H,14-15H2,1H3. The predicted octanol–water partition coefficient (Wildman–Crippen LogP) is 4.94. The molecule has 32 heavy (non-hydrogen) atoms. The minimum Gasteiger partial charge on any atom is -0.497 e. The monoisotopic (exact) mass is 445 g/mol. The minimum atomic E-state index is 0.467. The third-order valence-electron chi connectivity index (χ3n) is 4.75. The molecule has 0 saturated heterocycles. The topological polar surface area (TPSA) is 92.0 Å². The predicted molar refractivity (Wildman–Crippen MR) is 119 cm³/mol. The molecule has 0 N–H and O–H groups in total. The Labute approximate surface area is 188 Å². The number of furan rings is 1. The van der Waals surface area contributed by atoms with Gasteiger partial charge in [-0.2, -0.15) is 0 Å². The lowest BCUT2D eigenvalue weighted by Crippen LogP contribution is -2.03. The highest BCUT2D eigenvalue weighted by Crippen LogP contribution is 2.29. The van der Waals surface area contributed by atoms with Crippen LogP contribution in [-0.4, -0.2) is 32.1 Å². The molecule has 9 heteroatoms. The van der Waals surface area contributed by atoms with Crippen molar-refractivity contribution < 1.29 is 13.6 Å². The highest BCUT2D eigenvalue weighted by atomic mass is 32.2. The molecule has 0 aliphatic rings. The van der Waals surface area contributed by atoms with Crippen LogP contribution in [0.3, 0.4) is 0 Å². The lowest BCUT2D eigenvalue weighted by Gasteiger charge is -2.09. The van der Waals surface area contributed by atoms with Gasteiger partial charge < -0.3 is 13.6 Å². The molecule has 8 nitrogen and oxygen atoms in total. The summed E-state index contributed by atoms with van der Waals surface area (Å²) >= 11 is 1.48. The van der Waals surface area contributed by atoms with E-state index in [2.05, 4.69) is 20.4 Å². The van der Waals surface area contributed by atoms with Gasteiger partial charge in [-0.25, -0.2) is 0 Å². The van der Waals surface area contributed by atoms with Gasteiger partial charge in [0.1, 0.15) is 11.5 Å². The summed E-state index contributed by atoms with van der Waals surface area (Å²) in [5.74, 6) is 3.76. The van der Waals surface area contributed by atoms with Crippen LogP contribution in [0, 0.1) is 0 Å². The molecule has 0 fully saturated rings. The zero-order chi connectivity index (χ0) is 21.8. The first-order chi connectivity index (χ1) is 15.8. The first-order valence-corrected chi connectivity index (χ1v) is 10.9. The van der Waals surface area contributed by atoms with Crippen molar-refractivity contribution >= 4 is 11.8 Å². The summed E-state index contributed by atoms with van der Waals surface area (Å²) in [5.41, 5.74) is 1.79. The molecule has 0 saturated carbocycles. The average molecular weight is 446 g/mol. The average Bonchev–Trinajstić information content (AvgIpc) is 3.60. The smallest absolute Gasteiger partial charge is 0.247 e. The van der Waals surface area contributed by atoms with Gasteiger partial charge in [0.2, 0.25) is 11.8 Å². The number of methoxy groups -OCH3 is 1. The van der Waals surface area contributed by atoms with E-state index in [-0.39, 0.29) is 0 Å². The molecule has 0 atom stereocenters. The largest absolute Gasteiger partial charge is 0.497 e. The van der Waals surface area contributed by atoms with Crippen molar-refractivity contribution in [2.75, 3.05) is 7.11 Å². The van der Waals surface area contributed by atoms with E-state index in [1.807, 2.05) is 71.3 Å². The normalized spacial score (nSPS) is 11.0. The van der Waals surface area contributed by atoms with Gasteiger partial charge in [-0.3, -0.25) is 4.57 Å². The fourth-order valence-electron chi connectivity index (χ4n) is 3.21. The van der Waals surface area contributed by atoms with Gasteiger partial charge in [-0.1, -0.05) is 42.1 Å². The fraction of sp³-hybridized carbons (Fsp3) is 0.130. The lowest BCUT2D eigenvalue weighted by atomic mass is 10.2. The highest BCUT2D eigenvalue weighted by molar-refractivity contribution is 7.98. The molecule has 3 aromatic heterocycles. The summed E-state index contributed by atoms with van der Waals surface area (Å²) < 4.78 is 18.8. The molecule has 3 heterocycles. The lowest BCUT2D eigenvalue weighted by molar-refractivity contribution is 0.415. The molecule has 0 bridgehead atoms. The second-order valence-electron chi connectivity index (χ2n) is 6.86. The maximum atomic E-state index is 5.82. The van der Waals surface area contributed by atoms with Crippen LogP contribution < -0.4 is 4.74 Å². The van der Waals surface area contributed by atoms with Crippen LogP contribution in [-0.2, 0) is 12.3 Å². The van der Waals surface area contributed by atoms with Gasteiger partial charge in [0.05, 0.1) is 25.7 Å². The number of rotatable bonds is 8. The Kier molecular flexibility index (Phi) is 5.71. The first kappa shape index (κ1) is 20.1. The number of nitrogens with zero attached hydrogens (tertiary/aromatic N) is 5. The fourth-order valence-corrected chi connectivity index (χ4v) is 3.98. The molecule has 0 spiro atoms. The van der Waals surface area contributed by atoms with E-state index in [4.69, 9.17) is 13.6 Å². The zero-order valence-electron chi connectivity index (χ0n) is 17.2. The quantitative estimate of drug-likeness (QED) is 0.310. The SMILES string of the molecule is COc1cccc(-c2nnc(SCc3nnc(-c4ccccc4)o3)n2Cc2ccco2)c1. The molecule has 2 aromatic carbocycles. The van der Waals surface area contributed by atoms with Gasteiger partial charge in [-0.05, 0) is 36.4 Å². The van der Waals surface area contributed by atoms with Gasteiger partial charge in [0, 0.05) is 11.1 Å². The van der Waals surface area contributed by atoms with E-state index in [0.29, 0.717) is 24.1 Å². The molecular weight excluding hydrogens is 426 g/mol. The Balaban J connectivity index is 1.41. The Bertz CT molecular complexity index is 1300. The summed E-state index contributed by atoms with van der Waals surface area (Å²) in [6.45, 7) is 0.494. The molecule has 5 rings (SSSR count). The van der Waals surface area contributed by atoms with Crippen molar-refractivity contribution in [3.05, 3.63) is 84.6 Å². The minimum absolute atomic E-state index is 0.467. The van der Waals surface area contributed by atoms with Crippen LogP contribution in [0.5, 0.6) is 5.75 Å². The molecule has 0 amide bonds. The van der Waals surface area contributed by atoms with Crippen LogP contribution >= 0.6 is 11.8 Å². The van der Waals surface area contributed by atoms with Crippen LogP contribution in [0.15, 0.2) is 87.0 Å². The summed E-state index contributed by atoms with van der Waals surface area (Å²) in [7, 11) is 1.64. The number of aromatic nitrogens is 5. The van der Waals surface area contributed by atoms with Gasteiger partial charge >= 0.3 is 0 Å². The van der Waals surface area contributed by atoms with E-state index >= 15 is 0 Å². The van der Waals surface area contributed by atoms with Crippen LogP contribution in [0.25, 0.3) is 22.8 Å². The molecular formula is C23H19N5O3S. The van der Waals surface area contributed by atoms with E-state index < -0.39 is 0 Å². The summed E-state index contributed by atoms with van der Waals surface area (Å²) in [6, 6.07) is 21.2.